The van der Waals surface area contributed by atoms with E-state index in [9.17, 15) is 0 Å². The second kappa shape index (κ2) is 4.54. The summed E-state index contributed by atoms with van der Waals surface area (Å²) in [7, 11) is 0. The van der Waals surface area contributed by atoms with Gasteiger partial charge in [-0.3, -0.25) is 0 Å². The van der Waals surface area contributed by atoms with Gasteiger partial charge in [0.05, 0.1) is 0 Å². The van der Waals surface area contributed by atoms with Gasteiger partial charge in [-0.2, -0.15) is 0 Å². The smallest absolute Gasteiger partial charge is 0.0379 e. The van der Waals surface area contributed by atoms with E-state index in [2.05, 4.69) is 49.4 Å². The van der Waals surface area contributed by atoms with Crippen LogP contribution in [0.1, 0.15) is 17.7 Å². The Bertz CT molecular complexity index is 432. The maximum Gasteiger partial charge on any atom is 0.0379 e. The van der Waals surface area contributed by atoms with E-state index in [1.54, 1.807) is 0 Å². The molecule has 0 nitrogen and oxygen atoms in total. The van der Waals surface area contributed by atoms with Crippen molar-refractivity contribution in [3.8, 4) is 11.1 Å². The van der Waals surface area contributed by atoms with Gasteiger partial charge in [-0.1, -0.05) is 67.2 Å². The Labute approximate surface area is 96.4 Å². The lowest BCUT2D eigenvalue weighted by atomic mass is 9.98. The number of hydrogen-bond acceptors (Lipinski definition) is 0. The Morgan fingerprint density at radius 1 is 0.867 bits per heavy atom. The van der Waals surface area contributed by atoms with Crippen molar-refractivity contribution in [2.75, 3.05) is 0 Å². The summed E-state index contributed by atoms with van der Waals surface area (Å²) in [5.74, 6) is 0. The highest BCUT2D eigenvalue weighted by Crippen LogP contribution is 2.30. The van der Waals surface area contributed by atoms with E-state index < -0.39 is 0 Å². The quantitative estimate of drug-likeness (QED) is 0.683. The molecule has 2 aromatic rings. The van der Waals surface area contributed by atoms with Gasteiger partial charge in [-0.15, -0.1) is 0 Å². The summed E-state index contributed by atoms with van der Waals surface area (Å²) in [6.45, 7) is 2.05. The van der Waals surface area contributed by atoms with Crippen LogP contribution in [0.2, 0.25) is 0 Å². The fraction of sp³-hybridized carbons (Fsp3) is 0.143. The Balaban J connectivity index is 2.53. The zero-order chi connectivity index (χ0) is 10.7. The summed E-state index contributed by atoms with van der Waals surface area (Å²) in [5, 5.41) is 0.154. The van der Waals surface area contributed by atoms with Crippen molar-refractivity contribution < 1.29 is 0 Å². The topological polar surface area (TPSA) is 0 Å². The van der Waals surface area contributed by atoms with Crippen LogP contribution < -0.4 is 0 Å². The van der Waals surface area contributed by atoms with Crippen LogP contribution >= 0.6 is 12.6 Å². The van der Waals surface area contributed by atoms with Gasteiger partial charge in [0, 0.05) is 5.25 Å². The standard InChI is InChI=1S/C14H13S/c1-11(15)13-9-5-6-10-14(13)12-7-3-2-4-8-12/h2-11H,1H3. The average Bonchev–Trinajstić information content (AvgIpc) is 2.30. The number of hydrogen-bond donors (Lipinski definition) is 0. The minimum atomic E-state index is 0.154. The first-order chi connectivity index (χ1) is 7.29. The van der Waals surface area contributed by atoms with Crippen LogP contribution in [-0.2, 0) is 0 Å². The predicted molar refractivity (Wildman–Crippen MR) is 67.9 cm³/mol. The molecule has 1 radical (unpaired) electrons. The number of benzene rings is 2. The molecular weight excluding hydrogens is 200 g/mol. The van der Waals surface area contributed by atoms with Crippen LogP contribution in [0.25, 0.3) is 11.1 Å². The third-order valence-electron chi connectivity index (χ3n) is 2.48. The van der Waals surface area contributed by atoms with Crippen LogP contribution in [0.15, 0.2) is 54.6 Å². The molecular formula is C14H13S. The summed E-state index contributed by atoms with van der Waals surface area (Å²) >= 11 is 5.33. The molecule has 2 aromatic carbocycles. The van der Waals surface area contributed by atoms with E-state index in [1.807, 2.05) is 12.1 Å². The molecule has 0 saturated carbocycles. The number of rotatable bonds is 2. The monoisotopic (exact) mass is 213 g/mol. The average molecular weight is 213 g/mol. The van der Waals surface area contributed by atoms with Crippen LogP contribution in [0, 0.1) is 0 Å². The van der Waals surface area contributed by atoms with Crippen molar-refractivity contribution in [3.63, 3.8) is 0 Å². The summed E-state index contributed by atoms with van der Waals surface area (Å²) in [5.41, 5.74) is 3.73. The molecule has 0 aliphatic rings. The SMILES string of the molecule is CC([S])c1ccccc1-c1ccccc1. The zero-order valence-electron chi connectivity index (χ0n) is 8.68. The van der Waals surface area contributed by atoms with E-state index in [-0.39, 0.29) is 5.25 Å². The van der Waals surface area contributed by atoms with Crippen LogP contribution in [0.5, 0.6) is 0 Å². The van der Waals surface area contributed by atoms with E-state index in [1.165, 1.54) is 16.7 Å². The minimum Gasteiger partial charge on any atom is -0.0856 e. The Kier molecular flexibility index (Phi) is 3.12. The summed E-state index contributed by atoms with van der Waals surface area (Å²) in [6, 6.07) is 18.7. The van der Waals surface area contributed by atoms with E-state index in [0.717, 1.165) is 0 Å². The molecule has 0 amide bonds. The third kappa shape index (κ3) is 2.24. The predicted octanol–water partition coefficient (Wildman–Crippen LogP) is 4.61. The maximum atomic E-state index is 5.33. The molecule has 15 heavy (non-hydrogen) atoms. The van der Waals surface area contributed by atoms with Gasteiger partial charge in [0.1, 0.15) is 0 Å². The fourth-order valence-electron chi connectivity index (χ4n) is 1.73. The molecule has 0 bridgehead atoms. The summed E-state index contributed by atoms with van der Waals surface area (Å²) in [6.07, 6.45) is 0. The van der Waals surface area contributed by atoms with Gasteiger partial charge >= 0.3 is 0 Å². The van der Waals surface area contributed by atoms with Crippen molar-refractivity contribution >= 4 is 12.6 Å². The minimum absolute atomic E-state index is 0.154. The zero-order valence-corrected chi connectivity index (χ0v) is 9.50. The molecule has 0 heterocycles. The third-order valence-corrected chi connectivity index (χ3v) is 2.74. The van der Waals surface area contributed by atoms with Gasteiger partial charge in [0.2, 0.25) is 0 Å². The van der Waals surface area contributed by atoms with E-state index >= 15 is 0 Å². The van der Waals surface area contributed by atoms with Crippen molar-refractivity contribution in [2.24, 2.45) is 0 Å². The molecule has 1 atom stereocenters. The molecule has 2 rings (SSSR count). The van der Waals surface area contributed by atoms with Crippen molar-refractivity contribution in [1.82, 2.24) is 0 Å². The first-order valence-electron chi connectivity index (χ1n) is 5.09. The Hall–Kier alpha value is -1.21. The molecule has 0 aromatic heterocycles. The normalized spacial score (nSPS) is 12.4. The molecule has 0 saturated heterocycles. The van der Waals surface area contributed by atoms with Gasteiger partial charge in [0.15, 0.2) is 0 Å². The molecule has 0 aliphatic heterocycles. The first-order valence-corrected chi connectivity index (χ1v) is 5.56. The molecule has 0 fully saturated rings. The van der Waals surface area contributed by atoms with E-state index in [0.29, 0.717) is 0 Å². The summed E-state index contributed by atoms with van der Waals surface area (Å²) < 4.78 is 0. The van der Waals surface area contributed by atoms with Gasteiger partial charge in [0.25, 0.3) is 0 Å². The van der Waals surface area contributed by atoms with Crippen LogP contribution in [0.3, 0.4) is 0 Å². The molecule has 0 N–H and O–H groups in total. The summed E-state index contributed by atoms with van der Waals surface area (Å²) in [4.78, 5) is 0. The van der Waals surface area contributed by atoms with Crippen molar-refractivity contribution in [3.05, 3.63) is 60.2 Å². The second-order valence-corrected chi connectivity index (χ2v) is 4.30. The Morgan fingerprint density at radius 3 is 2.13 bits per heavy atom. The largest absolute Gasteiger partial charge is 0.0856 e. The lowest BCUT2D eigenvalue weighted by molar-refractivity contribution is 1.11. The highest BCUT2D eigenvalue weighted by molar-refractivity contribution is 7.80. The van der Waals surface area contributed by atoms with Crippen LogP contribution in [0.4, 0.5) is 0 Å². The molecule has 75 valence electrons. The molecule has 1 unspecified atom stereocenters. The maximum absolute atomic E-state index is 5.33. The van der Waals surface area contributed by atoms with Gasteiger partial charge in [-0.05, 0) is 23.6 Å². The highest BCUT2D eigenvalue weighted by atomic mass is 32.1. The lowest BCUT2D eigenvalue weighted by Gasteiger charge is -2.11. The Morgan fingerprint density at radius 2 is 1.47 bits per heavy atom. The molecule has 1 heteroatoms. The van der Waals surface area contributed by atoms with Crippen molar-refractivity contribution in [2.45, 2.75) is 12.2 Å². The lowest BCUT2D eigenvalue weighted by Crippen LogP contribution is -1.89. The molecule has 0 spiro atoms. The van der Waals surface area contributed by atoms with Crippen LogP contribution in [-0.4, -0.2) is 0 Å². The fourth-order valence-corrected chi connectivity index (χ4v) is 1.94. The first kappa shape index (κ1) is 10.3. The molecule has 0 aliphatic carbocycles. The van der Waals surface area contributed by atoms with Gasteiger partial charge in [-0.25, -0.2) is 0 Å². The van der Waals surface area contributed by atoms with E-state index in [4.69, 9.17) is 12.6 Å². The second-order valence-electron chi connectivity index (χ2n) is 3.60. The van der Waals surface area contributed by atoms with Gasteiger partial charge < -0.3 is 0 Å². The highest BCUT2D eigenvalue weighted by Gasteiger charge is 2.07. The van der Waals surface area contributed by atoms with Crippen molar-refractivity contribution in [1.29, 1.82) is 0 Å².